The first-order valence-corrected chi connectivity index (χ1v) is 12.1. The van der Waals surface area contributed by atoms with Gasteiger partial charge in [-0.05, 0) is 50.2 Å². The number of nitrogens with zero attached hydrogens (tertiary/aromatic N) is 4. The van der Waals surface area contributed by atoms with Crippen LogP contribution in [-0.2, 0) is 30.4 Å². The van der Waals surface area contributed by atoms with Crippen molar-refractivity contribution in [2.75, 3.05) is 39.3 Å². The van der Waals surface area contributed by atoms with E-state index in [0.29, 0.717) is 11.3 Å². The summed E-state index contributed by atoms with van der Waals surface area (Å²) in [5.74, 6) is -6.34. The summed E-state index contributed by atoms with van der Waals surface area (Å²) in [5.41, 5.74) is 1.20. The van der Waals surface area contributed by atoms with E-state index >= 15 is 0 Å². The Balaban J connectivity index is 3.44. The van der Waals surface area contributed by atoms with Crippen molar-refractivity contribution in [1.29, 1.82) is 0 Å². The average Bonchev–Trinajstić information content (AvgIpc) is 2.81. The SMILES string of the molecule is CC(C(C)N(CC(=O)O)C[C@H](Cc1ccc(N=C=S)cc1)N(CC(=O)O)CC(=O)O)N(CC(=O)O)CC(=O)O. The maximum atomic E-state index is 11.8. The van der Waals surface area contributed by atoms with E-state index in [9.17, 15) is 49.5 Å². The molecule has 0 heterocycles. The molecule has 15 heteroatoms. The molecule has 14 nitrogen and oxygen atoms in total. The fraction of sp³-hybridized carbons (Fsp3) is 0.500. The normalized spacial score (nSPS) is 13.5. The summed E-state index contributed by atoms with van der Waals surface area (Å²) < 4.78 is 0. The summed E-state index contributed by atoms with van der Waals surface area (Å²) >= 11 is 4.59. The van der Waals surface area contributed by atoms with Crippen molar-refractivity contribution < 1.29 is 49.5 Å². The molecule has 3 atom stereocenters. The second kappa shape index (κ2) is 16.3. The van der Waals surface area contributed by atoms with Gasteiger partial charge in [-0.15, -0.1) is 0 Å². The van der Waals surface area contributed by atoms with E-state index in [0.717, 1.165) is 0 Å². The fourth-order valence-electron chi connectivity index (χ4n) is 4.12. The van der Waals surface area contributed by atoms with Crippen molar-refractivity contribution in [2.45, 2.75) is 38.4 Å². The van der Waals surface area contributed by atoms with E-state index in [4.69, 9.17) is 0 Å². The van der Waals surface area contributed by atoms with Gasteiger partial charge in [0, 0.05) is 24.7 Å². The third-order valence-corrected chi connectivity index (χ3v) is 6.18. The zero-order valence-electron chi connectivity index (χ0n) is 21.5. The van der Waals surface area contributed by atoms with E-state index in [2.05, 4.69) is 22.4 Å². The minimum absolute atomic E-state index is 0.119. The van der Waals surface area contributed by atoms with Gasteiger partial charge < -0.3 is 25.5 Å². The van der Waals surface area contributed by atoms with Crippen molar-refractivity contribution >= 4 is 52.9 Å². The van der Waals surface area contributed by atoms with Gasteiger partial charge in [-0.3, -0.25) is 38.7 Å². The van der Waals surface area contributed by atoms with Gasteiger partial charge in [0.2, 0.25) is 0 Å². The Kier molecular flexibility index (Phi) is 13.9. The van der Waals surface area contributed by atoms with Gasteiger partial charge in [0.05, 0.1) is 43.6 Å². The van der Waals surface area contributed by atoms with Gasteiger partial charge in [-0.25, -0.2) is 0 Å². The summed E-state index contributed by atoms with van der Waals surface area (Å²) in [6.07, 6.45) is 0.132. The first kappa shape index (κ1) is 33.3. The molecule has 214 valence electrons. The Morgan fingerprint density at radius 1 is 0.718 bits per heavy atom. The molecule has 0 aliphatic rings. The van der Waals surface area contributed by atoms with Gasteiger partial charge in [0.1, 0.15) is 0 Å². The predicted octanol–water partition coefficient (Wildman–Crippen LogP) is 0.438. The number of isothiocyanates is 1. The van der Waals surface area contributed by atoms with Gasteiger partial charge in [-0.2, -0.15) is 4.99 Å². The summed E-state index contributed by atoms with van der Waals surface area (Å²) in [4.78, 5) is 65.2. The molecule has 39 heavy (non-hydrogen) atoms. The number of carboxylic acids is 5. The van der Waals surface area contributed by atoms with Crippen molar-refractivity contribution in [3.05, 3.63) is 29.8 Å². The zero-order valence-corrected chi connectivity index (χ0v) is 22.3. The summed E-state index contributed by atoms with van der Waals surface area (Å²) in [6, 6.07) is 4.37. The highest BCUT2D eigenvalue weighted by molar-refractivity contribution is 7.78. The van der Waals surface area contributed by atoms with Crippen LogP contribution in [0.5, 0.6) is 0 Å². The van der Waals surface area contributed by atoms with Crippen LogP contribution >= 0.6 is 12.2 Å². The third-order valence-electron chi connectivity index (χ3n) is 6.09. The van der Waals surface area contributed by atoms with Gasteiger partial charge in [0.15, 0.2) is 0 Å². The molecule has 1 aromatic carbocycles. The van der Waals surface area contributed by atoms with Crippen LogP contribution in [-0.4, -0.2) is 133 Å². The highest BCUT2D eigenvalue weighted by Crippen LogP contribution is 2.19. The van der Waals surface area contributed by atoms with Crippen molar-refractivity contribution in [3.63, 3.8) is 0 Å². The Morgan fingerprint density at radius 2 is 1.10 bits per heavy atom. The molecular formula is C24H32N4O10S. The zero-order chi connectivity index (χ0) is 29.7. The number of hydrogen-bond donors (Lipinski definition) is 5. The lowest BCUT2D eigenvalue weighted by Gasteiger charge is -2.40. The molecule has 5 N–H and O–H groups in total. The van der Waals surface area contributed by atoms with E-state index < -0.39 is 80.7 Å². The second-order valence-electron chi connectivity index (χ2n) is 8.92. The number of carbonyl (C=O) groups is 5. The number of hydrogen-bond acceptors (Lipinski definition) is 10. The second-order valence-corrected chi connectivity index (χ2v) is 9.10. The molecular weight excluding hydrogens is 536 g/mol. The molecule has 0 spiro atoms. The molecule has 0 fully saturated rings. The maximum absolute atomic E-state index is 11.8. The van der Waals surface area contributed by atoms with Crippen LogP contribution in [0, 0.1) is 0 Å². The van der Waals surface area contributed by atoms with Gasteiger partial charge in [0.25, 0.3) is 0 Å². The minimum Gasteiger partial charge on any atom is -0.480 e. The number of carboxylic acid groups (broad SMARTS) is 5. The Morgan fingerprint density at radius 3 is 1.51 bits per heavy atom. The van der Waals surface area contributed by atoms with Crippen molar-refractivity contribution in [3.8, 4) is 0 Å². The van der Waals surface area contributed by atoms with Crippen molar-refractivity contribution in [2.24, 2.45) is 4.99 Å². The summed E-state index contributed by atoms with van der Waals surface area (Å²) in [6.45, 7) is -0.0109. The number of rotatable bonds is 19. The summed E-state index contributed by atoms with van der Waals surface area (Å²) in [7, 11) is 0. The topological polar surface area (TPSA) is 209 Å². The molecule has 0 bridgehead atoms. The lowest BCUT2D eigenvalue weighted by molar-refractivity contribution is -0.145. The van der Waals surface area contributed by atoms with E-state index in [1.165, 1.54) is 14.7 Å². The molecule has 2 unspecified atom stereocenters. The quantitative estimate of drug-likeness (QED) is 0.113. The van der Waals surface area contributed by atoms with E-state index in [-0.39, 0.29) is 13.0 Å². The van der Waals surface area contributed by atoms with Crippen LogP contribution in [0.15, 0.2) is 29.3 Å². The molecule has 0 aliphatic heterocycles. The monoisotopic (exact) mass is 568 g/mol. The smallest absolute Gasteiger partial charge is 0.317 e. The van der Waals surface area contributed by atoms with E-state index in [1.54, 1.807) is 38.1 Å². The lowest BCUT2D eigenvalue weighted by Crippen LogP contribution is -2.57. The van der Waals surface area contributed by atoms with Gasteiger partial charge >= 0.3 is 29.8 Å². The Labute approximate surface area is 229 Å². The third kappa shape index (κ3) is 12.6. The van der Waals surface area contributed by atoms with E-state index in [1.807, 2.05) is 0 Å². The highest BCUT2D eigenvalue weighted by atomic mass is 32.1. The van der Waals surface area contributed by atoms with Crippen LogP contribution in [0.2, 0.25) is 0 Å². The average molecular weight is 569 g/mol. The summed E-state index contributed by atoms with van der Waals surface area (Å²) in [5, 5.41) is 49.2. The number of aliphatic imine (C=N–C) groups is 1. The maximum Gasteiger partial charge on any atom is 0.317 e. The van der Waals surface area contributed by atoms with Crippen LogP contribution < -0.4 is 0 Å². The van der Waals surface area contributed by atoms with Crippen LogP contribution in [0.25, 0.3) is 0 Å². The van der Waals surface area contributed by atoms with Crippen LogP contribution in [0.4, 0.5) is 5.69 Å². The fourth-order valence-corrected chi connectivity index (χ4v) is 4.23. The van der Waals surface area contributed by atoms with Crippen LogP contribution in [0.3, 0.4) is 0 Å². The standard InChI is InChI=1S/C24H32N4O10S/c1-15(16(2)27(10-21(31)32)11-22(33)34)26(9-20(29)30)8-19(28(12-23(35)36)13-24(37)38)7-17-3-5-18(6-4-17)25-14-39/h3-6,15-16,19H,7-13H2,1-2H3,(H,29,30)(H,31,32)(H,33,34)(H,35,36)(H,37,38)/t15?,16?,19-/m0/s1. The minimum atomic E-state index is -1.28. The van der Waals surface area contributed by atoms with Crippen LogP contribution in [0.1, 0.15) is 19.4 Å². The lowest BCUT2D eigenvalue weighted by atomic mass is 10.0. The molecule has 0 saturated carbocycles. The number of thiocarbonyl (C=S) groups is 1. The molecule has 1 rings (SSSR count). The Hall–Kier alpha value is -3.75. The Bertz CT molecular complexity index is 1050. The first-order valence-electron chi connectivity index (χ1n) is 11.7. The molecule has 0 aromatic heterocycles. The highest BCUT2D eigenvalue weighted by Gasteiger charge is 2.33. The molecule has 0 aliphatic carbocycles. The molecule has 0 amide bonds. The number of benzene rings is 1. The largest absolute Gasteiger partial charge is 0.480 e. The van der Waals surface area contributed by atoms with Crippen molar-refractivity contribution in [1.82, 2.24) is 14.7 Å². The molecule has 0 saturated heterocycles. The van der Waals surface area contributed by atoms with Gasteiger partial charge in [-0.1, -0.05) is 12.1 Å². The predicted molar refractivity (Wildman–Crippen MR) is 140 cm³/mol. The molecule has 0 radical (unpaired) electrons. The number of aliphatic carboxylic acids is 5. The molecule has 1 aromatic rings. The first-order chi connectivity index (χ1) is 18.2.